The van der Waals surface area contributed by atoms with E-state index >= 15 is 0 Å². The van der Waals surface area contributed by atoms with Crippen molar-refractivity contribution in [1.29, 1.82) is 0 Å². The van der Waals surface area contributed by atoms with E-state index in [1.165, 1.54) is 11.8 Å². The van der Waals surface area contributed by atoms with Gasteiger partial charge in [0.2, 0.25) is 5.91 Å². The summed E-state index contributed by atoms with van der Waals surface area (Å²) in [5, 5.41) is 13.8. The zero-order valence-corrected chi connectivity index (χ0v) is 20.2. The fourth-order valence-corrected chi connectivity index (χ4v) is 4.22. The summed E-state index contributed by atoms with van der Waals surface area (Å²) in [6.45, 7) is 2.05. The van der Waals surface area contributed by atoms with Crippen molar-refractivity contribution in [2.45, 2.75) is 23.9 Å². The van der Waals surface area contributed by atoms with Crippen LogP contribution < -0.4 is 15.4 Å². The van der Waals surface area contributed by atoms with Crippen LogP contribution in [0.3, 0.4) is 0 Å². The van der Waals surface area contributed by atoms with Gasteiger partial charge in [-0.3, -0.25) is 14.7 Å². The normalized spacial score (nSPS) is 11.5. The first-order valence-corrected chi connectivity index (χ1v) is 11.9. The lowest BCUT2D eigenvalue weighted by molar-refractivity contribution is -0.119. The summed E-state index contributed by atoms with van der Waals surface area (Å²) in [5.41, 5.74) is 2.62. The molecule has 35 heavy (non-hydrogen) atoms. The lowest BCUT2D eigenvalue weighted by Gasteiger charge is -2.14. The number of carbonyl (C=O) groups excluding carboxylic acids is 2. The second-order valence-electron chi connectivity index (χ2n) is 7.63. The molecule has 9 heteroatoms. The molecule has 178 valence electrons. The van der Waals surface area contributed by atoms with Gasteiger partial charge in [-0.15, -0.1) is 10.2 Å². The molecule has 0 aliphatic carbocycles. The van der Waals surface area contributed by atoms with Gasteiger partial charge >= 0.3 is 6.03 Å². The largest absolute Gasteiger partial charge is 0.497 e. The highest BCUT2D eigenvalue weighted by Crippen LogP contribution is 2.31. The summed E-state index contributed by atoms with van der Waals surface area (Å²) in [5.74, 6) is 0.894. The zero-order chi connectivity index (χ0) is 24.6. The van der Waals surface area contributed by atoms with Crippen LogP contribution in [-0.2, 0) is 11.3 Å². The number of para-hydroxylation sites is 1. The minimum Gasteiger partial charge on any atom is -0.497 e. The number of benzene rings is 3. The Bertz CT molecular complexity index is 1290. The Balaban J connectivity index is 1.50. The molecule has 1 atom stereocenters. The van der Waals surface area contributed by atoms with Crippen LogP contribution in [-0.4, -0.2) is 39.1 Å². The van der Waals surface area contributed by atoms with Gasteiger partial charge < -0.3 is 10.1 Å². The molecule has 4 rings (SSSR count). The Morgan fingerprint density at radius 1 is 0.971 bits per heavy atom. The van der Waals surface area contributed by atoms with Crippen molar-refractivity contribution in [3.8, 4) is 22.8 Å². The lowest BCUT2D eigenvalue weighted by Crippen LogP contribution is -2.42. The fourth-order valence-electron chi connectivity index (χ4n) is 3.35. The fraction of sp³-hybridized carbons (Fsp3) is 0.154. The van der Waals surface area contributed by atoms with Gasteiger partial charge in [0, 0.05) is 17.8 Å². The molecule has 0 aliphatic heterocycles. The first-order chi connectivity index (χ1) is 17.0. The number of carbonyl (C=O) groups is 2. The maximum absolute atomic E-state index is 12.7. The summed E-state index contributed by atoms with van der Waals surface area (Å²) in [7, 11) is 1.61. The molecule has 0 radical (unpaired) electrons. The molecular weight excluding hydrogens is 462 g/mol. The van der Waals surface area contributed by atoms with Crippen molar-refractivity contribution in [1.82, 2.24) is 25.4 Å². The SMILES string of the molecule is COc1cccc(-c2nnc(SC(C)C(=O)NC(=O)NCc3ccccc3)n2-c2ccccc2)c1. The zero-order valence-electron chi connectivity index (χ0n) is 19.3. The van der Waals surface area contributed by atoms with Crippen LogP contribution >= 0.6 is 11.8 Å². The smallest absolute Gasteiger partial charge is 0.321 e. The van der Waals surface area contributed by atoms with Gasteiger partial charge in [0.05, 0.1) is 12.4 Å². The van der Waals surface area contributed by atoms with Crippen LogP contribution in [0.4, 0.5) is 4.79 Å². The molecule has 1 aromatic heterocycles. The van der Waals surface area contributed by atoms with Crippen LogP contribution in [0.5, 0.6) is 5.75 Å². The summed E-state index contributed by atoms with van der Waals surface area (Å²) in [4.78, 5) is 24.9. The third kappa shape index (κ3) is 6.07. The molecular formula is C26H25N5O3S. The number of aromatic nitrogens is 3. The Morgan fingerprint density at radius 2 is 1.69 bits per heavy atom. The highest BCUT2D eigenvalue weighted by atomic mass is 32.2. The second kappa shape index (κ2) is 11.3. The number of amides is 3. The van der Waals surface area contributed by atoms with Crippen LogP contribution in [0, 0.1) is 0 Å². The maximum Gasteiger partial charge on any atom is 0.321 e. The van der Waals surface area contributed by atoms with Gasteiger partial charge in [0.15, 0.2) is 11.0 Å². The number of hydrogen-bond donors (Lipinski definition) is 2. The quantitative estimate of drug-likeness (QED) is 0.357. The molecule has 0 fully saturated rings. The predicted octanol–water partition coefficient (Wildman–Crippen LogP) is 4.45. The van der Waals surface area contributed by atoms with E-state index in [9.17, 15) is 9.59 Å². The minimum atomic E-state index is -0.595. The molecule has 2 N–H and O–H groups in total. The van der Waals surface area contributed by atoms with E-state index < -0.39 is 17.2 Å². The standard InChI is InChI=1S/C26H25N5O3S/c1-18(24(32)28-25(33)27-17-19-10-5-3-6-11-19)35-26-30-29-23(20-12-9-15-22(16-20)34-2)31(26)21-13-7-4-8-14-21/h3-16,18H,17H2,1-2H3,(H2,27,28,32,33). The number of urea groups is 1. The second-order valence-corrected chi connectivity index (χ2v) is 8.93. The Morgan fingerprint density at radius 3 is 2.40 bits per heavy atom. The molecule has 0 saturated heterocycles. The van der Waals surface area contributed by atoms with Gasteiger partial charge in [-0.2, -0.15) is 0 Å². The first kappa shape index (κ1) is 24.0. The summed E-state index contributed by atoms with van der Waals surface area (Å²) >= 11 is 1.22. The maximum atomic E-state index is 12.7. The third-order valence-electron chi connectivity index (χ3n) is 5.16. The molecule has 0 saturated carbocycles. The van der Waals surface area contributed by atoms with E-state index in [2.05, 4.69) is 20.8 Å². The molecule has 0 aliphatic rings. The van der Waals surface area contributed by atoms with E-state index in [0.29, 0.717) is 23.3 Å². The van der Waals surface area contributed by atoms with Crippen molar-refractivity contribution in [3.63, 3.8) is 0 Å². The summed E-state index contributed by atoms with van der Waals surface area (Å²) in [6.07, 6.45) is 0. The molecule has 0 spiro atoms. The van der Waals surface area contributed by atoms with Crippen LogP contribution in [0.25, 0.3) is 17.1 Å². The van der Waals surface area contributed by atoms with Gasteiger partial charge in [0.25, 0.3) is 0 Å². The van der Waals surface area contributed by atoms with E-state index in [0.717, 1.165) is 16.8 Å². The highest BCUT2D eigenvalue weighted by molar-refractivity contribution is 8.00. The molecule has 1 unspecified atom stereocenters. The number of ether oxygens (including phenoxy) is 1. The number of methoxy groups -OCH3 is 1. The topological polar surface area (TPSA) is 98.1 Å². The number of nitrogens with zero attached hydrogens (tertiary/aromatic N) is 3. The average molecular weight is 488 g/mol. The molecule has 1 heterocycles. The lowest BCUT2D eigenvalue weighted by atomic mass is 10.2. The van der Waals surface area contributed by atoms with Crippen LogP contribution in [0.15, 0.2) is 90.1 Å². The van der Waals surface area contributed by atoms with Gasteiger partial charge in [0.1, 0.15) is 5.75 Å². The van der Waals surface area contributed by atoms with Crippen molar-refractivity contribution in [2.24, 2.45) is 0 Å². The predicted molar refractivity (Wildman–Crippen MR) is 135 cm³/mol. The van der Waals surface area contributed by atoms with Crippen molar-refractivity contribution < 1.29 is 14.3 Å². The number of thioether (sulfide) groups is 1. The molecule has 4 aromatic rings. The third-order valence-corrected chi connectivity index (χ3v) is 6.20. The number of hydrogen-bond acceptors (Lipinski definition) is 6. The number of nitrogens with one attached hydrogen (secondary N) is 2. The van der Waals surface area contributed by atoms with E-state index in [1.54, 1.807) is 14.0 Å². The van der Waals surface area contributed by atoms with Crippen molar-refractivity contribution >= 4 is 23.7 Å². The number of rotatable bonds is 8. The van der Waals surface area contributed by atoms with Gasteiger partial charge in [-0.05, 0) is 36.8 Å². The highest BCUT2D eigenvalue weighted by Gasteiger charge is 2.23. The molecule has 3 amide bonds. The average Bonchev–Trinajstić information content (AvgIpc) is 3.32. The van der Waals surface area contributed by atoms with E-state index in [4.69, 9.17) is 4.74 Å². The van der Waals surface area contributed by atoms with Crippen LogP contribution in [0.1, 0.15) is 12.5 Å². The Labute approximate surface area is 207 Å². The Kier molecular flexibility index (Phi) is 7.79. The first-order valence-electron chi connectivity index (χ1n) is 11.0. The molecule has 8 nitrogen and oxygen atoms in total. The summed E-state index contributed by atoms with van der Waals surface area (Å²) < 4.78 is 7.24. The number of imide groups is 1. The van der Waals surface area contributed by atoms with Crippen molar-refractivity contribution in [3.05, 3.63) is 90.5 Å². The minimum absolute atomic E-state index is 0.327. The van der Waals surface area contributed by atoms with Crippen molar-refractivity contribution in [2.75, 3.05) is 7.11 Å². The monoisotopic (exact) mass is 487 g/mol. The van der Waals surface area contributed by atoms with Crippen LogP contribution in [0.2, 0.25) is 0 Å². The van der Waals surface area contributed by atoms with E-state index in [-0.39, 0.29) is 0 Å². The van der Waals surface area contributed by atoms with Gasteiger partial charge in [-0.1, -0.05) is 72.4 Å². The Hall–Kier alpha value is -4.11. The van der Waals surface area contributed by atoms with Gasteiger partial charge in [-0.25, -0.2) is 4.79 Å². The molecule has 3 aromatic carbocycles. The van der Waals surface area contributed by atoms with E-state index in [1.807, 2.05) is 89.5 Å². The molecule has 0 bridgehead atoms. The summed E-state index contributed by atoms with van der Waals surface area (Å²) in [6, 6.07) is 26.1.